The molecule has 0 bridgehead atoms. The van der Waals surface area contributed by atoms with Crippen LogP contribution in [0.25, 0.3) is 0 Å². The molecule has 11 heavy (non-hydrogen) atoms. The Morgan fingerprint density at radius 2 is 2.64 bits per heavy atom. The average Bonchev–Trinajstić information content (AvgIpc) is 2.05. The zero-order chi connectivity index (χ0) is 8.27. The first-order valence-corrected chi connectivity index (χ1v) is 4.29. The molecule has 1 rings (SSSR count). The molecule has 1 heterocycles. The van der Waals surface area contributed by atoms with Crippen molar-refractivity contribution in [3.05, 3.63) is 11.6 Å². The van der Waals surface area contributed by atoms with Crippen LogP contribution in [-0.2, 0) is 4.79 Å². The third-order valence-corrected chi connectivity index (χ3v) is 2.08. The minimum Gasteiger partial charge on any atom is -0.310 e. The van der Waals surface area contributed by atoms with Crippen LogP contribution in [0, 0.1) is 0 Å². The van der Waals surface area contributed by atoms with Crippen molar-refractivity contribution in [2.75, 3.05) is 12.4 Å². The van der Waals surface area contributed by atoms with Crippen LogP contribution in [0.1, 0.15) is 13.3 Å². The van der Waals surface area contributed by atoms with Crippen LogP contribution < -0.4 is 5.32 Å². The lowest BCUT2D eigenvalue weighted by molar-refractivity contribution is -0.113. The van der Waals surface area contributed by atoms with Crippen molar-refractivity contribution in [1.82, 2.24) is 5.32 Å². The molecule has 0 aromatic rings. The van der Waals surface area contributed by atoms with Gasteiger partial charge in [0.2, 0.25) is 0 Å². The Balaban J connectivity index is 2.54. The number of nitrogens with one attached hydrogen (secondary N) is 1. The first-order chi connectivity index (χ1) is 5.24. The number of alkyl halides is 1. The molecule has 1 aliphatic rings. The smallest absolute Gasteiger partial charge is 0.174 e. The van der Waals surface area contributed by atoms with Crippen molar-refractivity contribution in [3.63, 3.8) is 0 Å². The molecule has 0 aromatic carbocycles. The van der Waals surface area contributed by atoms with Gasteiger partial charge in [-0.25, -0.2) is 0 Å². The van der Waals surface area contributed by atoms with E-state index in [9.17, 15) is 4.79 Å². The van der Waals surface area contributed by atoms with E-state index in [0.717, 1.165) is 12.0 Å². The summed E-state index contributed by atoms with van der Waals surface area (Å²) in [4.78, 5) is 11.0. The van der Waals surface area contributed by atoms with Crippen LogP contribution in [0.2, 0.25) is 0 Å². The zero-order valence-electron chi connectivity index (χ0n) is 6.56. The Labute approximate surface area is 71.6 Å². The highest BCUT2D eigenvalue weighted by atomic mass is 35.5. The van der Waals surface area contributed by atoms with E-state index in [2.05, 4.69) is 12.2 Å². The molecule has 3 heteroatoms. The second-order valence-corrected chi connectivity index (χ2v) is 3.07. The van der Waals surface area contributed by atoms with Crippen LogP contribution >= 0.6 is 11.6 Å². The van der Waals surface area contributed by atoms with Gasteiger partial charge in [0.25, 0.3) is 0 Å². The van der Waals surface area contributed by atoms with Gasteiger partial charge in [-0.15, -0.1) is 11.6 Å². The van der Waals surface area contributed by atoms with Gasteiger partial charge in [0.1, 0.15) is 0 Å². The van der Waals surface area contributed by atoms with Crippen LogP contribution in [0.5, 0.6) is 0 Å². The molecule has 0 saturated heterocycles. The lowest BCUT2D eigenvalue weighted by Crippen LogP contribution is -2.33. The highest BCUT2D eigenvalue weighted by molar-refractivity contribution is 6.30. The van der Waals surface area contributed by atoms with Gasteiger partial charge in [-0.05, 0) is 13.3 Å². The van der Waals surface area contributed by atoms with Crippen molar-refractivity contribution < 1.29 is 4.79 Å². The van der Waals surface area contributed by atoms with E-state index in [4.69, 9.17) is 11.6 Å². The Morgan fingerprint density at radius 3 is 3.09 bits per heavy atom. The summed E-state index contributed by atoms with van der Waals surface area (Å²) in [5.41, 5.74) is 0.832. The predicted octanol–water partition coefficient (Wildman–Crippen LogP) is 1.10. The van der Waals surface area contributed by atoms with Gasteiger partial charge in [-0.3, -0.25) is 4.79 Å². The van der Waals surface area contributed by atoms with E-state index in [0.29, 0.717) is 12.6 Å². The van der Waals surface area contributed by atoms with Gasteiger partial charge >= 0.3 is 0 Å². The number of rotatable bonds is 2. The van der Waals surface area contributed by atoms with Crippen LogP contribution in [0.4, 0.5) is 0 Å². The van der Waals surface area contributed by atoms with E-state index >= 15 is 0 Å². The summed E-state index contributed by atoms with van der Waals surface area (Å²) in [7, 11) is 0. The predicted molar refractivity (Wildman–Crippen MR) is 45.9 cm³/mol. The molecule has 0 saturated carbocycles. The van der Waals surface area contributed by atoms with Gasteiger partial charge < -0.3 is 5.32 Å². The summed E-state index contributed by atoms with van der Waals surface area (Å²) >= 11 is 5.40. The summed E-state index contributed by atoms with van der Waals surface area (Å²) in [5, 5.41) is 3.20. The standard InChI is InChI=1S/C8H12ClNO/c1-6-2-3-7(5-10-6)8(11)4-9/h3,6,10H,2,4-5H2,1H3. The maximum absolute atomic E-state index is 11.0. The fourth-order valence-electron chi connectivity index (χ4n) is 1.06. The first-order valence-electron chi connectivity index (χ1n) is 3.75. The van der Waals surface area contributed by atoms with Gasteiger partial charge in [-0.1, -0.05) is 6.08 Å². The van der Waals surface area contributed by atoms with Crippen LogP contribution in [0.15, 0.2) is 11.6 Å². The van der Waals surface area contributed by atoms with Gasteiger partial charge in [0, 0.05) is 18.2 Å². The highest BCUT2D eigenvalue weighted by Gasteiger charge is 2.13. The Morgan fingerprint density at radius 1 is 1.91 bits per heavy atom. The number of carbonyl (C=O) groups is 1. The summed E-state index contributed by atoms with van der Waals surface area (Å²) in [6, 6.07) is 0.488. The lowest BCUT2D eigenvalue weighted by atomic mass is 10.0. The number of hydrogen-bond donors (Lipinski definition) is 1. The van der Waals surface area contributed by atoms with Crippen LogP contribution in [-0.4, -0.2) is 24.2 Å². The fourth-order valence-corrected chi connectivity index (χ4v) is 1.23. The third kappa shape index (κ3) is 2.31. The summed E-state index contributed by atoms with van der Waals surface area (Å²) in [5.74, 6) is 0.146. The molecule has 1 aliphatic heterocycles. The monoisotopic (exact) mass is 173 g/mol. The Bertz CT molecular complexity index is 189. The molecule has 1 unspecified atom stereocenters. The fraction of sp³-hybridized carbons (Fsp3) is 0.625. The zero-order valence-corrected chi connectivity index (χ0v) is 7.32. The maximum atomic E-state index is 11.0. The molecule has 0 amide bonds. The Hall–Kier alpha value is -0.340. The van der Waals surface area contributed by atoms with E-state index in [1.165, 1.54) is 0 Å². The SMILES string of the molecule is CC1CC=C(C(=O)CCl)CN1. The number of carbonyl (C=O) groups excluding carboxylic acids is 1. The highest BCUT2D eigenvalue weighted by Crippen LogP contribution is 2.07. The number of Topliss-reactive ketones (excluding diaryl/α,β-unsaturated/α-hetero) is 1. The minimum absolute atomic E-state index is 0.0473. The second-order valence-electron chi connectivity index (χ2n) is 2.80. The number of hydrogen-bond acceptors (Lipinski definition) is 2. The van der Waals surface area contributed by atoms with Crippen molar-refractivity contribution in [2.24, 2.45) is 0 Å². The summed E-state index contributed by atoms with van der Waals surface area (Å²) < 4.78 is 0. The molecular formula is C8H12ClNO. The van der Waals surface area contributed by atoms with Crippen molar-refractivity contribution in [3.8, 4) is 0 Å². The molecule has 1 N–H and O–H groups in total. The largest absolute Gasteiger partial charge is 0.310 e. The van der Waals surface area contributed by atoms with E-state index in [-0.39, 0.29) is 11.7 Å². The molecule has 62 valence electrons. The summed E-state index contributed by atoms with van der Waals surface area (Å²) in [6.45, 7) is 2.77. The van der Waals surface area contributed by atoms with Crippen molar-refractivity contribution >= 4 is 17.4 Å². The normalized spacial score (nSPS) is 24.5. The topological polar surface area (TPSA) is 29.1 Å². The molecule has 1 atom stereocenters. The molecular weight excluding hydrogens is 162 g/mol. The average molecular weight is 174 g/mol. The Kier molecular flexibility index (Phi) is 3.09. The molecule has 0 spiro atoms. The number of halogens is 1. The van der Waals surface area contributed by atoms with E-state index in [1.807, 2.05) is 6.08 Å². The molecule has 0 aromatic heterocycles. The second kappa shape index (κ2) is 3.88. The van der Waals surface area contributed by atoms with Crippen molar-refractivity contribution in [1.29, 1.82) is 0 Å². The quantitative estimate of drug-likeness (QED) is 0.634. The molecule has 2 nitrogen and oxygen atoms in total. The minimum atomic E-state index is 0.0473. The van der Waals surface area contributed by atoms with Gasteiger partial charge in [0.15, 0.2) is 5.78 Å². The summed E-state index contributed by atoms with van der Waals surface area (Å²) in [6.07, 6.45) is 2.91. The van der Waals surface area contributed by atoms with Crippen LogP contribution in [0.3, 0.4) is 0 Å². The van der Waals surface area contributed by atoms with Crippen molar-refractivity contribution in [2.45, 2.75) is 19.4 Å². The third-order valence-electron chi connectivity index (χ3n) is 1.84. The first kappa shape index (κ1) is 8.75. The molecule has 0 radical (unpaired) electrons. The van der Waals surface area contributed by atoms with Gasteiger partial charge in [0.05, 0.1) is 5.88 Å². The molecule has 0 fully saturated rings. The van der Waals surface area contributed by atoms with E-state index in [1.54, 1.807) is 0 Å². The molecule has 0 aliphatic carbocycles. The van der Waals surface area contributed by atoms with Gasteiger partial charge in [-0.2, -0.15) is 0 Å². The lowest BCUT2D eigenvalue weighted by Gasteiger charge is -2.18. The maximum Gasteiger partial charge on any atom is 0.174 e. The van der Waals surface area contributed by atoms with E-state index < -0.39 is 0 Å². The number of ketones is 1.